The summed E-state index contributed by atoms with van der Waals surface area (Å²) in [6.45, 7) is 2.13. The number of nitrogens with one attached hydrogen (secondary N) is 1. The normalized spacial score (nSPS) is 14.8. The van der Waals surface area contributed by atoms with Crippen molar-refractivity contribution < 1.29 is 33.0 Å². The summed E-state index contributed by atoms with van der Waals surface area (Å²) in [6.07, 6.45) is -5.17. The third-order valence-corrected chi connectivity index (χ3v) is 2.39. The molecule has 6 nitrogen and oxygen atoms in total. The summed E-state index contributed by atoms with van der Waals surface area (Å²) in [5, 5.41) is 20.3. The van der Waals surface area contributed by atoms with Crippen molar-refractivity contribution in [1.82, 2.24) is 10.2 Å². The highest BCUT2D eigenvalue weighted by molar-refractivity contribution is 5.75. The molecule has 0 rings (SSSR count). The largest absolute Gasteiger partial charge is 0.481 e. The molecule has 0 aromatic rings. The van der Waals surface area contributed by atoms with Gasteiger partial charge < -0.3 is 20.4 Å². The second-order valence-corrected chi connectivity index (χ2v) is 5.06. The first-order chi connectivity index (χ1) is 8.84. The van der Waals surface area contributed by atoms with Crippen LogP contribution < -0.4 is 5.32 Å². The van der Waals surface area contributed by atoms with Gasteiger partial charge in [0.1, 0.15) is 6.54 Å². The maximum atomic E-state index is 12.3. The molecule has 0 fully saturated rings. The van der Waals surface area contributed by atoms with Gasteiger partial charge in [-0.1, -0.05) is 0 Å². The van der Waals surface area contributed by atoms with Gasteiger partial charge in [0.25, 0.3) is 0 Å². The minimum atomic E-state index is -4.54. The van der Waals surface area contributed by atoms with Crippen molar-refractivity contribution >= 4 is 12.0 Å². The number of alkyl halides is 3. The Hall–Kier alpha value is -1.51. The van der Waals surface area contributed by atoms with E-state index in [2.05, 4.69) is 5.32 Å². The van der Waals surface area contributed by atoms with E-state index in [1.807, 2.05) is 0 Å². The molecule has 0 spiro atoms. The summed E-state index contributed by atoms with van der Waals surface area (Å²) >= 11 is 0. The van der Waals surface area contributed by atoms with Gasteiger partial charge in [-0.05, 0) is 20.8 Å². The van der Waals surface area contributed by atoms with Crippen LogP contribution in [-0.4, -0.2) is 58.0 Å². The smallest absolute Gasteiger partial charge is 0.406 e. The molecule has 0 aliphatic rings. The summed E-state index contributed by atoms with van der Waals surface area (Å²) in [4.78, 5) is 22.7. The summed E-state index contributed by atoms with van der Waals surface area (Å²) in [5.74, 6) is -1.28. The highest BCUT2D eigenvalue weighted by atomic mass is 19.4. The number of carbonyl (C=O) groups excluding carboxylic acids is 1. The molecule has 0 aliphatic heterocycles. The first-order valence-corrected chi connectivity index (χ1v) is 5.89. The van der Waals surface area contributed by atoms with Crippen LogP contribution in [0.1, 0.15) is 27.2 Å². The standard InChI is InChI=1S/C11H19F3N2O4/c1-7(2)16(6-11(12,13)14)9(19)15-5-10(3,20)4-8(17)18/h7,20H,4-6H2,1-3H3,(H,15,19)(H,17,18). The molecular formula is C11H19F3N2O4. The number of carbonyl (C=O) groups is 2. The van der Waals surface area contributed by atoms with Gasteiger partial charge in [0.2, 0.25) is 0 Å². The maximum absolute atomic E-state index is 12.3. The van der Waals surface area contributed by atoms with Crippen molar-refractivity contribution in [2.24, 2.45) is 0 Å². The van der Waals surface area contributed by atoms with Crippen LogP contribution in [0.3, 0.4) is 0 Å². The Balaban J connectivity index is 4.59. The fourth-order valence-corrected chi connectivity index (χ4v) is 1.44. The van der Waals surface area contributed by atoms with Gasteiger partial charge in [-0.25, -0.2) is 4.79 Å². The average molecular weight is 300 g/mol. The van der Waals surface area contributed by atoms with Crippen LogP contribution in [0.25, 0.3) is 0 Å². The minimum absolute atomic E-state index is 0.459. The van der Waals surface area contributed by atoms with Gasteiger partial charge in [-0.3, -0.25) is 4.79 Å². The average Bonchev–Trinajstić information content (AvgIpc) is 2.19. The van der Waals surface area contributed by atoms with Crippen LogP contribution in [0, 0.1) is 0 Å². The summed E-state index contributed by atoms with van der Waals surface area (Å²) < 4.78 is 37.0. The quantitative estimate of drug-likeness (QED) is 0.687. The van der Waals surface area contributed by atoms with E-state index in [9.17, 15) is 27.9 Å². The zero-order chi connectivity index (χ0) is 16.1. The molecule has 0 aromatic heterocycles. The molecule has 1 atom stereocenters. The second-order valence-electron chi connectivity index (χ2n) is 5.06. The molecule has 0 saturated carbocycles. The van der Waals surface area contributed by atoms with Gasteiger partial charge in [-0.2, -0.15) is 13.2 Å². The summed E-state index contributed by atoms with van der Waals surface area (Å²) in [7, 11) is 0. The first kappa shape index (κ1) is 18.5. The third kappa shape index (κ3) is 7.82. The third-order valence-electron chi connectivity index (χ3n) is 2.39. The molecule has 0 aromatic carbocycles. The number of carboxylic acids is 1. The maximum Gasteiger partial charge on any atom is 0.406 e. The van der Waals surface area contributed by atoms with Crippen LogP contribution in [0.15, 0.2) is 0 Å². The zero-order valence-corrected chi connectivity index (χ0v) is 11.5. The molecule has 0 saturated heterocycles. The Morgan fingerprint density at radius 2 is 1.80 bits per heavy atom. The van der Waals surface area contributed by atoms with E-state index in [-0.39, 0.29) is 0 Å². The van der Waals surface area contributed by atoms with E-state index in [4.69, 9.17) is 5.11 Å². The number of carboxylic acid groups (broad SMARTS) is 1. The Morgan fingerprint density at radius 1 is 1.30 bits per heavy atom. The van der Waals surface area contributed by atoms with Gasteiger partial charge in [-0.15, -0.1) is 0 Å². The van der Waals surface area contributed by atoms with Crippen LogP contribution in [-0.2, 0) is 4.79 Å². The Morgan fingerprint density at radius 3 is 2.15 bits per heavy atom. The Kier molecular flexibility index (Phi) is 6.27. The molecular weight excluding hydrogens is 281 g/mol. The number of nitrogens with zero attached hydrogens (tertiary/aromatic N) is 1. The Labute approximate surface area is 114 Å². The fourth-order valence-electron chi connectivity index (χ4n) is 1.44. The van der Waals surface area contributed by atoms with E-state index in [1.165, 1.54) is 20.8 Å². The number of aliphatic hydroxyl groups is 1. The van der Waals surface area contributed by atoms with E-state index in [0.717, 1.165) is 0 Å². The number of amides is 2. The fraction of sp³-hybridized carbons (Fsp3) is 0.818. The topological polar surface area (TPSA) is 89.9 Å². The zero-order valence-electron chi connectivity index (χ0n) is 11.5. The van der Waals surface area contributed by atoms with Gasteiger partial charge in [0.15, 0.2) is 0 Å². The van der Waals surface area contributed by atoms with Crippen molar-refractivity contribution in [1.29, 1.82) is 0 Å². The molecule has 1 unspecified atom stereocenters. The number of rotatable bonds is 6. The lowest BCUT2D eigenvalue weighted by molar-refractivity contribution is -0.142. The molecule has 0 bridgehead atoms. The molecule has 2 amide bonds. The number of urea groups is 1. The van der Waals surface area contributed by atoms with Crippen LogP contribution in [0.2, 0.25) is 0 Å². The van der Waals surface area contributed by atoms with E-state index in [1.54, 1.807) is 0 Å². The predicted molar refractivity (Wildman–Crippen MR) is 64.2 cm³/mol. The summed E-state index contributed by atoms with van der Waals surface area (Å²) in [6, 6.07) is -1.70. The van der Waals surface area contributed by atoms with Gasteiger partial charge in [0, 0.05) is 12.6 Å². The first-order valence-electron chi connectivity index (χ1n) is 5.89. The Bertz CT molecular complexity index is 356. The van der Waals surface area contributed by atoms with E-state index >= 15 is 0 Å². The summed E-state index contributed by atoms with van der Waals surface area (Å²) in [5.41, 5.74) is -1.73. The van der Waals surface area contributed by atoms with Crippen molar-refractivity contribution in [3.05, 3.63) is 0 Å². The lowest BCUT2D eigenvalue weighted by Crippen LogP contribution is -2.51. The SMILES string of the molecule is CC(C)N(CC(F)(F)F)C(=O)NCC(C)(O)CC(=O)O. The highest BCUT2D eigenvalue weighted by Crippen LogP contribution is 2.18. The highest BCUT2D eigenvalue weighted by Gasteiger charge is 2.35. The van der Waals surface area contributed by atoms with Crippen molar-refractivity contribution in [2.45, 2.75) is 45.0 Å². The van der Waals surface area contributed by atoms with E-state index in [0.29, 0.717) is 4.90 Å². The lowest BCUT2D eigenvalue weighted by Gasteiger charge is -2.29. The molecule has 9 heteroatoms. The van der Waals surface area contributed by atoms with Crippen LogP contribution in [0.4, 0.5) is 18.0 Å². The lowest BCUT2D eigenvalue weighted by atomic mass is 10.0. The van der Waals surface area contributed by atoms with Crippen LogP contribution >= 0.6 is 0 Å². The van der Waals surface area contributed by atoms with E-state index < -0.39 is 49.3 Å². The molecule has 20 heavy (non-hydrogen) atoms. The van der Waals surface area contributed by atoms with Crippen molar-refractivity contribution in [3.63, 3.8) is 0 Å². The molecule has 0 heterocycles. The molecule has 118 valence electrons. The predicted octanol–water partition coefficient (Wildman–Crippen LogP) is 1.19. The number of aliphatic carboxylic acids is 1. The van der Waals surface area contributed by atoms with Crippen molar-refractivity contribution in [3.8, 4) is 0 Å². The van der Waals surface area contributed by atoms with Gasteiger partial charge >= 0.3 is 18.2 Å². The molecule has 0 radical (unpaired) electrons. The van der Waals surface area contributed by atoms with Crippen LogP contribution in [0.5, 0.6) is 0 Å². The molecule has 3 N–H and O–H groups in total. The van der Waals surface area contributed by atoms with Crippen molar-refractivity contribution in [2.75, 3.05) is 13.1 Å². The second kappa shape index (κ2) is 6.78. The number of halogens is 3. The monoisotopic (exact) mass is 300 g/mol. The van der Waals surface area contributed by atoms with Gasteiger partial charge in [0.05, 0.1) is 12.0 Å². The number of hydrogen-bond acceptors (Lipinski definition) is 3. The molecule has 0 aliphatic carbocycles. The minimum Gasteiger partial charge on any atom is -0.481 e. The number of hydrogen-bond donors (Lipinski definition) is 3.